The van der Waals surface area contributed by atoms with E-state index in [1.165, 1.54) is 6.07 Å². The lowest BCUT2D eigenvalue weighted by atomic mass is 9.74. The molecular weight excluding hydrogens is 283 g/mol. The predicted molar refractivity (Wildman–Crippen MR) is 81.0 cm³/mol. The molecule has 2 saturated heterocycles. The Morgan fingerprint density at radius 2 is 2.18 bits per heavy atom. The van der Waals surface area contributed by atoms with Crippen LogP contribution in [0.3, 0.4) is 0 Å². The zero-order valence-electron chi connectivity index (χ0n) is 13.6. The number of aryl methyl sites for hydroxylation is 1. The number of hydrogen-bond donors (Lipinski definition) is 0. The third-order valence-corrected chi connectivity index (χ3v) is 5.28. The number of hydrogen-bond acceptors (Lipinski definition) is 3. The van der Waals surface area contributed by atoms with Crippen molar-refractivity contribution in [2.24, 2.45) is 5.92 Å². The molecule has 2 bridgehead atoms. The highest BCUT2D eigenvalue weighted by Gasteiger charge is 2.65. The summed E-state index contributed by atoms with van der Waals surface area (Å²) in [6, 6.07) is 5.02. The van der Waals surface area contributed by atoms with E-state index in [2.05, 4.69) is 0 Å². The lowest BCUT2D eigenvalue weighted by Gasteiger charge is -2.30. The number of carbonyl (C=O) groups excluding carboxylic acids is 1. The van der Waals surface area contributed by atoms with Gasteiger partial charge >= 0.3 is 0 Å². The van der Waals surface area contributed by atoms with Gasteiger partial charge in [0.25, 0.3) is 0 Å². The summed E-state index contributed by atoms with van der Waals surface area (Å²) < 4.78 is 26.0. The van der Waals surface area contributed by atoms with Crippen LogP contribution in [0.15, 0.2) is 18.2 Å². The molecule has 0 aromatic heterocycles. The van der Waals surface area contributed by atoms with Gasteiger partial charge in [-0.05, 0) is 31.4 Å². The van der Waals surface area contributed by atoms with E-state index in [1.807, 2.05) is 33.8 Å². The Labute approximate surface area is 130 Å². The van der Waals surface area contributed by atoms with Gasteiger partial charge in [0.15, 0.2) is 5.78 Å². The van der Waals surface area contributed by atoms with Crippen molar-refractivity contribution in [2.45, 2.75) is 64.4 Å². The van der Waals surface area contributed by atoms with Crippen molar-refractivity contribution in [3.8, 4) is 0 Å². The van der Waals surface area contributed by atoms with Crippen LogP contribution in [-0.2, 0) is 20.9 Å². The summed E-state index contributed by atoms with van der Waals surface area (Å²) in [5, 5.41) is 0. The number of rotatable bonds is 4. The van der Waals surface area contributed by atoms with Gasteiger partial charge in [-0.15, -0.1) is 0 Å². The Bertz CT molecular complexity index is 592. The smallest absolute Gasteiger partial charge is 0.167 e. The van der Waals surface area contributed by atoms with Crippen molar-refractivity contribution in [3.63, 3.8) is 0 Å². The Balaban J connectivity index is 1.77. The van der Waals surface area contributed by atoms with E-state index in [-0.39, 0.29) is 30.2 Å². The van der Waals surface area contributed by atoms with Gasteiger partial charge in [-0.25, -0.2) is 4.39 Å². The Hall–Kier alpha value is -1.26. The van der Waals surface area contributed by atoms with Gasteiger partial charge in [-0.3, -0.25) is 4.79 Å². The summed E-state index contributed by atoms with van der Waals surface area (Å²) in [6.07, 6.45) is 0.770. The van der Waals surface area contributed by atoms with Crippen molar-refractivity contribution in [3.05, 3.63) is 35.1 Å². The summed E-state index contributed by atoms with van der Waals surface area (Å²) in [5.41, 5.74) is 0.159. The molecule has 2 fully saturated rings. The number of benzene rings is 1. The molecule has 0 saturated carbocycles. The summed E-state index contributed by atoms with van der Waals surface area (Å²) in [4.78, 5) is 12.3. The van der Waals surface area contributed by atoms with Crippen LogP contribution in [0.5, 0.6) is 0 Å². The van der Waals surface area contributed by atoms with Gasteiger partial charge in [0.1, 0.15) is 11.4 Å². The molecule has 22 heavy (non-hydrogen) atoms. The number of carbonyl (C=O) groups is 1. The molecule has 4 heteroatoms. The summed E-state index contributed by atoms with van der Waals surface area (Å²) in [6.45, 7) is 8.03. The molecule has 1 aromatic rings. The van der Waals surface area contributed by atoms with Crippen LogP contribution in [0.2, 0.25) is 0 Å². The summed E-state index contributed by atoms with van der Waals surface area (Å²) in [7, 11) is 0. The number of fused-ring (bicyclic) bond motifs is 2. The summed E-state index contributed by atoms with van der Waals surface area (Å²) in [5.74, 6) is 0.0430. The Morgan fingerprint density at radius 1 is 1.45 bits per heavy atom. The van der Waals surface area contributed by atoms with Crippen LogP contribution in [0, 0.1) is 18.7 Å². The molecule has 1 aromatic carbocycles. The Morgan fingerprint density at radius 3 is 2.77 bits per heavy atom. The first kappa shape index (κ1) is 15.6. The molecule has 0 radical (unpaired) electrons. The van der Waals surface area contributed by atoms with Crippen molar-refractivity contribution in [1.82, 2.24) is 0 Å². The molecular formula is C18H23FO3. The maximum Gasteiger partial charge on any atom is 0.167 e. The molecule has 0 aliphatic carbocycles. The minimum Gasteiger partial charge on any atom is -0.370 e. The largest absolute Gasteiger partial charge is 0.370 e. The van der Waals surface area contributed by atoms with Gasteiger partial charge < -0.3 is 9.47 Å². The minimum absolute atomic E-state index is 0.116. The normalized spacial score (nSPS) is 33.9. The second-order valence-electron chi connectivity index (χ2n) is 7.10. The molecule has 0 spiro atoms. The van der Waals surface area contributed by atoms with Crippen molar-refractivity contribution in [2.75, 3.05) is 0 Å². The number of ether oxygens (including phenoxy) is 2. The van der Waals surface area contributed by atoms with Gasteiger partial charge in [0.05, 0.1) is 18.3 Å². The molecule has 0 amide bonds. The second-order valence-corrected chi connectivity index (χ2v) is 7.10. The first-order valence-electron chi connectivity index (χ1n) is 7.87. The van der Waals surface area contributed by atoms with Gasteiger partial charge in [-0.2, -0.15) is 0 Å². The quantitative estimate of drug-likeness (QED) is 0.853. The molecule has 0 unspecified atom stereocenters. The van der Waals surface area contributed by atoms with E-state index in [4.69, 9.17) is 9.47 Å². The lowest BCUT2D eigenvalue weighted by Crippen LogP contribution is -2.44. The van der Waals surface area contributed by atoms with Crippen LogP contribution >= 0.6 is 0 Å². The summed E-state index contributed by atoms with van der Waals surface area (Å²) >= 11 is 0. The first-order valence-corrected chi connectivity index (χ1v) is 7.87. The predicted octanol–water partition coefficient (Wildman–Crippen LogP) is 3.57. The van der Waals surface area contributed by atoms with E-state index in [0.717, 1.165) is 5.56 Å². The van der Waals surface area contributed by atoms with Gasteiger partial charge in [0.2, 0.25) is 0 Å². The van der Waals surface area contributed by atoms with Gasteiger partial charge in [0, 0.05) is 18.4 Å². The minimum atomic E-state index is -0.719. The molecule has 2 heterocycles. The van der Waals surface area contributed by atoms with E-state index < -0.39 is 11.2 Å². The molecule has 0 N–H and O–H groups in total. The molecule has 2 aliphatic heterocycles. The number of ketones is 1. The fourth-order valence-electron chi connectivity index (χ4n) is 3.75. The lowest BCUT2D eigenvalue weighted by molar-refractivity contribution is -0.136. The zero-order chi connectivity index (χ0) is 16.1. The fourth-order valence-corrected chi connectivity index (χ4v) is 3.75. The van der Waals surface area contributed by atoms with Crippen LogP contribution in [0.25, 0.3) is 0 Å². The third-order valence-electron chi connectivity index (χ3n) is 5.28. The molecule has 3 atom stereocenters. The van der Waals surface area contributed by atoms with Gasteiger partial charge in [-0.1, -0.05) is 26.0 Å². The highest BCUT2D eigenvalue weighted by Crippen LogP contribution is 2.53. The topological polar surface area (TPSA) is 35.5 Å². The van der Waals surface area contributed by atoms with Crippen molar-refractivity contribution >= 4 is 5.78 Å². The fraction of sp³-hybridized carbons (Fsp3) is 0.611. The number of Topliss-reactive ketones (excluding diaryl/α,β-unsaturated/α-hetero) is 1. The van der Waals surface area contributed by atoms with Crippen LogP contribution in [0.4, 0.5) is 4.39 Å². The molecule has 3 rings (SSSR count). The monoisotopic (exact) mass is 306 g/mol. The third kappa shape index (κ3) is 2.20. The highest BCUT2D eigenvalue weighted by molar-refractivity contribution is 5.92. The van der Waals surface area contributed by atoms with Crippen molar-refractivity contribution in [1.29, 1.82) is 0 Å². The zero-order valence-corrected chi connectivity index (χ0v) is 13.6. The number of halogens is 1. The molecule has 120 valence electrons. The maximum absolute atomic E-state index is 13.9. The Kier molecular flexibility index (Phi) is 3.65. The van der Waals surface area contributed by atoms with E-state index in [1.54, 1.807) is 6.07 Å². The second kappa shape index (κ2) is 5.14. The molecule has 2 aliphatic rings. The molecule has 3 nitrogen and oxygen atoms in total. The highest BCUT2D eigenvalue weighted by atomic mass is 19.1. The van der Waals surface area contributed by atoms with Crippen LogP contribution in [-0.4, -0.2) is 23.1 Å². The van der Waals surface area contributed by atoms with Crippen LogP contribution < -0.4 is 0 Å². The van der Waals surface area contributed by atoms with E-state index in [9.17, 15) is 9.18 Å². The first-order chi connectivity index (χ1) is 10.3. The van der Waals surface area contributed by atoms with E-state index >= 15 is 0 Å². The SMILES string of the molecule is Cc1cccc(F)c1CO[C@@H]1C[C@]2(C(C)C)O[C@@]1(C)CC2=O. The van der Waals surface area contributed by atoms with E-state index in [0.29, 0.717) is 18.4 Å². The van der Waals surface area contributed by atoms with Crippen LogP contribution in [0.1, 0.15) is 44.7 Å². The average Bonchev–Trinajstić information content (AvgIpc) is 2.86. The maximum atomic E-state index is 13.9. The standard InChI is InChI=1S/C18H23FO3/c1-11(2)18-9-16(17(4,22-18)8-15(18)20)21-10-13-12(3)6-5-7-14(13)19/h5-7,11,16H,8-10H2,1-4H3/t16-,17+,18-/m1/s1. The average molecular weight is 306 g/mol. The van der Waals surface area contributed by atoms with Crippen molar-refractivity contribution < 1.29 is 18.7 Å².